The molecule has 2 atom stereocenters. The van der Waals surface area contributed by atoms with E-state index >= 15 is 0 Å². The molecule has 3 fully saturated rings. The third-order valence-corrected chi connectivity index (χ3v) is 9.58. The third kappa shape index (κ3) is 6.51. The summed E-state index contributed by atoms with van der Waals surface area (Å²) >= 11 is 6.56. The van der Waals surface area contributed by atoms with Crippen LogP contribution in [0.2, 0.25) is 5.15 Å². The van der Waals surface area contributed by atoms with Crippen LogP contribution < -0.4 is 0 Å². The summed E-state index contributed by atoms with van der Waals surface area (Å²) in [5.41, 5.74) is -1.01. The summed E-state index contributed by atoms with van der Waals surface area (Å²) in [6.45, 7) is 3.79. The first-order valence-corrected chi connectivity index (χ1v) is 15.1. The molecule has 1 N–H and O–H groups in total. The van der Waals surface area contributed by atoms with Gasteiger partial charge in [-0.2, -0.15) is 13.2 Å². The fourth-order valence-corrected chi connectivity index (χ4v) is 6.93. The first-order chi connectivity index (χ1) is 19.0. The number of carbonyl (C=O) groups is 2. The minimum Gasteiger partial charge on any atom is -0.393 e. The lowest BCUT2D eigenvalue weighted by Crippen LogP contribution is -2.40. The number of hydrogen-bond acceptors (Lipinski definition) is 4. The second-order valence-corrected chi connectivity index (χ2v) is 12.7. The number of rotatable bonds is 11. The van der Waals surface area contributed by atoms with Crippen LogP contribution >= 0.6 is 11.6 Å². The van der Waals surface area contributed by atoms with Crippen LogP contribution in [-0.2, 0) is 11.0 Å². The van der Waals surface area contributed by atoms with E-state index in [0.717, 1.165) is 70.3 Å². The Morgan fingerprint density at radius 1 is 1.10 bits per heavy atom. The highest BCUT2D eigenvalue weighted by molar-refractivity contribution is 6.33. The maximum absolute atomic E-state index is 14.0. The lowest BCUT2D eigenvalue weighted by atomic mass is 9.73. The number of imidazole rings is 1. The maximum Gasteiger partial charge on any atom is 0.419 e. The number of amides is 1. The highest BCUT2D eigenvalue weighted by Crippen LogP contribution is 2.45. The van der Waals surface area contributed by atoms with Gasteiger partial charge in [-0.05, 0) is 106 Å². The van der Waals surface area contributed by atoms with Crippen molar-refractivity contribution in [2.75, 3.05) is 13.1 Å². The Morgan fingerprint density at radius 2 is 1.73 bits per heavy atom. The number of fused-ring (bicyclic) bond motifs is 1. The molecule has 10 heteroatoms. The van der Waals surface area contributed by atoms with Gasteiger partial charge >= 0.3 is 6.18 Å². The Hall–Kier alpha value is -2.13. The van der Waals surface area contributed by atoms with Gasteiger partial charge in [-0.25, -0.2) is 4.98 Å². The average Bonchev–Trinajstić information content (AvgIpc) is 3.82. The Kier molecular flexibility index (Phi) is 8.54. The summed E-state index contributed by atoms with van der Waals surface area (Å²) in [7, 11) is 0. The van der Waals surface area contributed by atoms with Crippen LogP contribution in [0.3, 0.4) is 0 Å². The zero-order chi connectivity index (χ0) is 28.8. The van der Waals surface area contributed by atoms with Crippen LogP contribution in [0.1, 0.15) is 106 Å². The van der Waals surface area contributed by atoms with Crippen LogP contribution in [0.4, 0.5) is 13.2 Å². The van der Waals surface area contributed by atoms with Crippen molar-refractivity contribution < 1.29 is 27.9 Å². The molecule has 1 amide bonds. The van der Waals surface area contributed by atoms with Gasteiger partial charge in [-0.3, -0.25) is 14.0 Å². The topological polar surface area (TPSA) is 74.9 Å². The molecule has 0 radical (unpaired) electrons. The van der Waals surface area contributed by atoms with Gasteiger partial charge < -0.3 is 10.0 Å². The van der Waals surface area contributed by atoms with Gasteiger partial charge in [0, 0.05) is 12.7 Å². The van der Waals surface area contributed by atoms with Gasteiger partial charge in [0.1, 0.15) is 10.9 Å². The number of pyridine rings is 1. The number of aliphatic hydroxyl groups is 1. The summed E-state index contributed by atoms with van der Waals surface area (Å²) in [6.07, 6.45) is 6.02. The van der Waals surface area contributed by atoms with Crippen LogP contribution in [0.5, 0.6) is 0 Å². The number of halogens is 4. The maximum atomic E-state index is 14.0. The van der Waals surface area contributed by atoms with Gasteiger partial charge in [0.25, 0.3) is 5.91 Å². The Balaban J connectivity index is 1.42. The molecule has 5 rings (SSSR count). The summed E-state index contributed by atoms with van der Waals surface area (Å²) < 4.78 is 43.2. The van der Waals surface area contributed by atoms with Crippen molar-refractivity contribution in [2.45, 2.75) is 96.3 Å². The zero-order valence-corrected chi connectivity index (χ0v) is 24.0. The smallest absolute Gasteiger partial charge is 0.393 e. The summed E-state index contributed by atoms with van der Waals surface area (Å²) in [4.78, 5) is 31.7. The van der Waals surface area contributed by atoms with Crippen LogP contribution in [0.25, 0.3) is 5.65 Å². The molecular formula is C30H39ClF3N3O3. The molecule has 0 saturated heterocycles. The van der Waals surface area contributed by atoms with Crippen molar-refractivity contribution in [1.29, 1.82) is 0 Å². The molecule has 2 aromatic rings. The van der Waals surface area contributed by atoms with E-state index in [1.807, 2.05) is 0 Å². The number of nitrogens with zero attached hydrogens (tertiary/aromatic N) is 3. The quantitative estimate of drug-likeness (QED) is 0.313. The Labute approximate surface area is 238 Å². The number of aromatic nitrogens is 2. The second kappa shape index (κ2) is 11.6. The third-order valence-electron chi connectivity index (χ3n) is 9.22. The zero-order valence-electron chi connectivity index (χ0n) is 23.2. The van der Waals surface area contributed by atoms with E-state index in [-0.39, 0.29) is 41.1 Å². The first kappa shape index (κ1) is 29.4. The lowest BCUT2D eigenvalue weighted by molar-refractivity contribution is -0.136. The predicted octanol–water partition coefficient (Wildman–Crippen LogP) is 6.91. The fourth-order valence-electron chi connectivity index (χ4n) is 6.68. The number of aliphatic hydroxyl groups excluding tert-OH is 1. The van der Waals surface area contributed by atoms with Gasteiger partial charge in [-0.1, -0.05) is 24.9 Å². The van der Waals surface area contributed by atoms with Crippen molar-refractivity contribution in [2.24, 2.45) is 23.7 Å². The van der Waals surface area contributed by atoms with E-state index in [9.17, 15) is 27.9 Å². The summed E-state index contributed by atoms with van der Waals surface area (Å²) in [5.74, 6) is 0.869. The molecule has 40 heavy (non-hydrogen) atoms. The van der Waals surface area contributed by atoms with Gasteiger partial charge in [0.15, 0.2) is 11.3 Å². The fraction of sp³-hybridized carbons (Fsp3) is 0.700. The average molecular weight is 582 g/mol. The molecule has 2 heterocycles. The molecular weight excluding hydrogens is 543 g/mol. The highest BCUT2D eigenvalue weighted by atomic mass is 35.5. The molecule has 3 aliphatic rings. The van der Waals surface area contributed by atoms with Crippen LogP contribution in [-0.4, -0.2) is 50.3 Å². The van der Waals surface area contributed by atoms with E-state index < -0.39 is 23.3 Å². The standard InChI is InChI=1S/C30H39ClF3N3O3/c1-3-18(19-8-10-24(39)11-9-19)12-22(20-4-5-20)15-36(14-17(2)38)29(40)26-27(31)37-16-23(21-6-7-21)13-25(28(37)35-26)30(32,33)34/h13,16,18-22,24,39H,3-12,14-15H2,1-2H3. The minimum atomic E-state index is -4.65. The SMILES string of the molecule is CCC(CC(CN(CC(C)=O)C(=O)c1nc2c(C(F)(F)F)cc(C3CC3)cn2c1Cl)C1CC1)C1CCC(O)CC1. The highest BCUT2D eigenvalue weighted by Gasteiger charge is 2.40. The molecule has 0 spiro atoms. The normalized spacial score (nSPS) is 23.3. The lowest BCUT2D eigenvalue weighted by Gasteiger charge is -2.35. The number of ketones is 1. The van der Waals surface area contributed by atoms with E-state index in [4.69, 9.17) is 11.6 Å². The van der Waals surface area contributed by atoms with Gasteiger partial charge in [0.05, 0.1) is 18.2 Å². The Morgan fingerprint density at radius 3 is 2.27 bits per heavy atom. The molecule has 3 aliphatic carbocycles. The number of carbonyl (C=O) groups excluding carboxylic acids is 2. The number of hydrogen-bond donors (Lipinski definition) is 1. The van der Waals surface area contributed by atoms with E-state index in [1.54, 1.807) is 6.20 Å². The first-order valence-electron chi connectivity index (χ1n) is 14.7. The molecule has 0 aromatic carbocycles. The Bertz CT molecular complexity index is 1250. The van der Waals surface area contributed by atoms with Crippen molar-refractivity contribution in [1.82, 2.24) is 14.3 Å². The van der Waals surface area contributed by atoms with Gasteiger partial charge in [-0.15, -0.1) is 0 Å². The minimum absolute atomic E-state index is 0.0515. The summed E-state index contributed by atoms with van der Waals surface area (Å²) in [5, 5.41) is 9.80. The van der Waals surface area contributed by atoms with Crippen molar-refractivity contribution in [3.8, 4) is 0 Å². The molecule has 6 nitrogen and oxygen atoms in total. The second-order valence-electron chi connectivity index (χ2n) is 12.4. The number of alkyl halides is 3. The van der Waals surface area contributed by atoms with Gasteiger partial charge in [0.2, 0.25) is 0 Å². The summed E-state index contributed by atoms with van der Waals surface area (Å²) in [6, 6.07) is 1.12. The van der Waals surface area contributed by atoms with Crippen LogP contribution in [0.15, 0.2) is 12.3 Å². The monoisotopic (exact) mass is 581 g/mol. The van der Waals surface area contributed by atoms with Crippen molar-refractivity contribution in [3.63, 3.8) is 0 Å². The largest absolute Gasteiger partial charge is 0.419 e. The molecule has 2 unspecified atom stereocenters. The molecule has 3 saturated carbocycles. The molecule has 220 valence electrons. The number of Topliss-reactive ketones (excluding diaryl/α,β-unsaturated/α-hetero) is 1. The molecule has 2 aromatic heterocycles. The molecule has 0 bridgehead atoms. The predicted molar refractivity (Wildman–Crippen MR) is 146 cm³/mol. The van der Waals surface area contributed by atoms with Crippen LogP contribution in [0, 0.1) is 23.7 Å². The van der Waals surface area contributed by atoms with Crippen molar-refractivity contribution >= 4 is 28.9 Å². The van der Waals surface area contributed by atoms with Crippen molar-refractivity contribution in [3.05, 3.63) is 34.2 Å². The van der Waals surface area contributed by atoms with E-state index in [0.29, 0.717) is 29.9 Å². The van der Waals surface area contributed by atoms with E-state index in [1.165, 1.54) is 16.2 Å². The van der Waals surface area contributed by atoms with E-state index in [2.05, 4.69) is 11.9 Å². The molecule has 0 aliphatic heterocycles.